The van der Waals surface area contributed by atoms with E-state index in [1.54, 1.807) is 6.07 Å². The monoisotopic (exact) mass is 2020 g/mol. The molecule has 1 aliphatic carbocycles. The number of carbonyl (C=O) groups excluding carboxylic acids is 17. The number of guanidine groups is 3. The van der Waals surface area contributed by atoms with E-state index in [0.29, 0.717) is 11.1 Å². The van der Waals surface area contributed by atoms with Crippen molar-refractivity contribution in [2.75, 3.05) is 73.5 Å². The number of carbonyl (C=O) groups is 18. The minimum Gasteiger partial charge on any atom is -0.493 e. The average molecular weight is 2030 g/mol. The molecule has 17 amide bonds. The summed E-state index contributed by atoms with van der Waals surface area (Å²) in [4.78, 5) is 288. The number of aryl methyl sites for hydroxylation is 1. The zero-order chi connectivity index (χ0) is 106. The number of methoxy groups -OCH3 is 4. The number of aliphatic hydroxyl groups excluding tert-OH is 1. The number of carboxylic acids is 1. The summed E-state index contributed by atoms with van der Waals surface area (Å²) in [6.45, 7) is 4.36. The summed E-state index contributed by atoms with van der Waals surface area (Å²) in [5.74, 6) is -21.2. The fourth-order valence-corrected chi connectivity index (χ4v) is 14.9. The summed E-state index contributed by atoms with van der Waals surface area (Å²) < 4.78 is 22.6. The number of aromatic nitrogens is 6. The molecule has 14 atom stereocenters. The number of hydrogen-bond donors (Lipinski definition) is 30. The van der Waals surface area contributed by atoms with Gasteiger partial charge in [-0.25, -0.2) is 15.0 Å². The van der Waals surface area contributed by atoms with Crippen molar-refractivity contribution in [2.24, 2.45) is 17.2 Å². The predicted molar refractivity (Wildman–Crippen MR) is 510 cm³/mol. The fraction of sp³-hybridized carbons (Fsp3) is 0.500. The Morgan fingerprint density at radius 3 is 1.27 bits per heavy atom. The lowest BCUT2D eigenvalue weighted by atomic mass is 9.95. The molecule has 56 nitrogen and oxygen atoms in total. The molecule has 143 heavy (non-hydrogen) atoms. The van der Waals surface area contributed by atoms with Crippen LogP contribution in [0, 0.1) is 16.2 Å². The van der Waals surface area contributed by atoms with Crippen LogP contribution in [0.4, 0.5) is 0 Å². The van der Waals surface area contributed by atoms with Crippen LogP contribution in [0.15, 0.2) is 66.6 Å². The van der Waals surface area contributed by atoms with E-state index in [1.165, 1.54) is 84.2 Å². The van der Waals surface area contributed by atoms with E-state index in [-0.39, 0.29) is 129 Å². The molecule has 32 N–H and O–H groups in total. The minimum atomic E-state index is -2.20. The van der Waals surface area contributed by atoms with Crippen LogP contribution >= 0.6 is 12.6 Å². The molecule has 57 heteroatoms. The van der Waals surface area contributed by atoms with Gasteiger partial charge in [0.2, 0.25) is 106 Å². The maximum Gasteiger partial charge on any atom is 0.305 e. The quantitative estimate of drug-likeness (QED) is 0.00744. The molecule has 0 saturated carbocycles. The van der Waals surface area contributed by atoms with E-state index in [9.17, 15) is 86.9 Å². The third kappa shape index (κ3) is 36.8. The smallest absolute Gasteiger partial charge is 0.305 e. The van der Waals surface area contributed by atoms with Gasteiger partial charge in [-0.1, -0.05) is 6.07 Å². The van der Waals surface area contributed by atoms with E-state index in [4.69, 9.17) is 52.4 Å². The molecule has 3 heterocycles. The molecule has 0 unspecified atom stereocenters. The van der Waals surface area contributed by atoms with E-state index >= 15 is 14.4 Å². The van der Waals surface area contributed by atoms with Crippen LogP contribution in [0.3, 0.4) is 0 Å². The third-order valence-corrected chi connectivity index (χ3v) is 22.2. The number of nitrogens with two attached hydrogens (primary N) is 3. The van der Waals surface area contributed by atoms with Gasteiger partial charge in [0.25, 0.3) is 5.91 Å². The number of aromatic amines is 3. The van der Waals surface area contributed by atoms with Crippen molar-refractivity contribution in [1.29, 1.82) is 16.2 Å². The van der Waals surface area contributed by atoms with Crippen LogP contribution in [0.2, 0.25) is 0 Å². The second-order valence-electron chi connectivity index (χ2n) is 32.7. The standard InChI is InChI=1S/C86H125N31O25S/c1-40(105-77(132)55(25-47-30-93-37-102-47)110-74(129)52(14-11-21-96-84(87)88)107-65(123)34-99-43(4)119)72(127)101-33-59(114-73(128)41(2)106-78(133)56(26-48-31-94-38-103-48)111-75(130)53(15-12-22-97-85(89)90)108-66(124)35-100-44(5)120)81(136)116-69(42(3)118)82(137)109-54(16-13-23-98-86(91)92)76(131)112-57(27-49-32-95-39-104-49)79(134)113-58(29-67(125)126)80(135)115-60(36-143)83(138)117(45(6)121)61-19-17-46-24-64(140-8)70(141-9)71(142-10)68(46)50-18-20-63(139-7)62(122)28-51(50)61/h18,20,24,28,30-32,37-42,52-61,69,118,143H,11-17,19,21-23,25-27,29,33-36H2,1-10H3,(H,93,102)(H,94,103)(H,95,104)(H,99,119)(H,100,120)(H,101,127)(H,105,132)(H,106,133)(H,107,123)(H,108,124)(H,109,137)(H,110,129)(H,111,130)(H,112,131)(H,113,134)(H,114,128)(H,115,135)(H,116,136)(H,125,126)(H4,87,88,96)(H4,89,90,97)(H4,91,92,98)/t40-,41-,42+,52-,53-,54-,55-,56-,57-,58-,59-,60+,61-,69-/m0/s1. The lowest BCUT2D eigenvalue weighted by Gasteiger charge is -2.33. The highest BCUT2D eigenvalue weighted by molar-refractivity contribution is 7.80. The van der Waals surface area contributed by atoms with Crippen LogP contribution in [0.25, 0.3) is 11.1 Å². The number of ether oxygens (including phenoxy) is 4. The van der Waals surface area contributed by atoms with Crippen LogP contribution in [-0.4, -0.2) is 321 Å². The Hall–Kier alpha value is -16.3. The summed E-state index contributed by atoms with van der Waals surface area (Å²) >= 11 is 4.37. The SMILES string of the molecule is COc1cc2c(c(OC)c1OC)-c1ccc(OC)c(=O)cc1[C@@H](N(C(C)=O)C(=O)[C@@H](CS)NC(=O)[C@H](CC(=O)O)NC(=O)[C@H](Cc1cnc[nH]1)NC(=O)[C@H](CCCNC(=N)N)NC(=O)[C@@H](NC(=O)[C@H](CNC(=O)[C@H](C)NC(=O)[C@H](Cc1cnc[nH]1)NC(=O)[C@H](CCCNC(=N)N)NC(=O)CNC(C)=O)NC(=O)[C@H](C)NC(=O)[C@H](Cc1cnc[nH]1)NC(=O)[C@H](CCCNC(=N)N)NC(=O)CNC(C)=O)[C@@H](C)O)CC2. The van der Waals surface area contributed by atoms with Crippen molar-refractivity contribution in [3.63, 3.8) is 0 Å². The summed E-state index contributed by atoms with van der Waals surface area (Å²) in [7, 11) is 5.39. The van der Waals surface area contributed by atoms with Gasteiger partial charge in [-0.2, -0.15) is 12.6 Å². The van der Waals surface area contributed by atoms with Crippen LogP contribution < -0.4 is 137 Å². The van der Waals surface area contributed by atoms with Gasteiger partial charge >= 0.3 is 5.97 Å². The minimum absolute atomic E-state index is 0.0360. The van der Waals surface area contributed by atoms with Crippen molar-refractivity contribution in [3.8, 4) is 34.1 Å². The van der Waals surface area contributed by atoms with Gasteiger partial charge in [0, 0.05) is 113 Å². The number of carboxylic acid groups (broad SMARTS) is 1. The number of amides is 17. The number of imide groups is 1. The molecule has 0 bridgehead atoms. The van der Waals surface area contributed by atoms with Crippen LogP contribution in [0.5, 0.6) is 23.0 Å². The summed E-state index contributed by atoms with van der Waals surface area (Å²) in [6.07, 6.45) is 2.38. The Kier molecular flexibility index (Phi) is 46.3. The van der Waals surface area contributed by atoms with Gasteiger partial charge in [0.15, 0.2) is 35.1 Å². The van der Waals surface area contributed by atoms with Crippen molar-refractivity contribution < 1.29 is 115 Å². The van der Waals surface area contributed by atoms with Crippen LogP contribution in [0.1, 0.15) is 127 Å². The normalized spacial score (nSPS) is 14.4. The lowest BCUT2D eigenvalue weighted by Crippen LogP contribution is -2.63. The number of fused-ring (bicyclic) bond motifs is 3. The molecule has 780 valence electrons. The van der Waals surface area contributed by atoms with Crippen molar-refractivity contribution in [3.05, 3.63) is 100 Å². The van der Waals surface area contributed by atoms with Gasteiger partial charge in [-0.15, -0.1) is 0 Å². The van der Waals surface area contributed by atoms with Crippen molar-refractivity contribution in [1.82, 2.24) is 131 Å². The largest absolute Gasteiger partial charge is 0.493 e. The first-order chi connectivity index (χ1) is 67.8. The first kappa shape index (κ1) is 115. The summed E-state index contributed by atoms with van der Waals surface area (Å²) in [6, 6.07) is -17.1. The summed E-state index contributed by atoms with van der Waals surface area (Å²) in [5, 5.41) is 88.5. The van der Waals surface area contributed by atoms with Gasteiger partial charge in [-0.05, 0) is 107 Å². The fourth-order valence-electron chi connectivity index (χ4n) is 14.7. The Morgan fingerprint density at radius 1 is 0.476 bits per heavy atom. The average Bonchev–Trinajstić information content (AvgIpc) is 1.62. The predicted octanol–water partition coefficient (Wildman–Crippen LogP) is -9.17. The van der Waals surface area contributed by atoms with E-state index in [1.807, 2.05) is 0 Å². The first-order valence-electron chi connectivity index (χ1n) is 44.8. The van der Waals surface area contributed by atoms with Gasteiger partial charge in [-0.3, -0.25) is 112 Å². The molecule has 0 fully saturated rings. The number of thiol groups is 1. The number of H-pyrrole nitrogens is 3. The highest BCUT2D eigenvalue weighted by Crippen LogP contribution is 2.51. The number of nitrogens with zero attached hydrogens (tertiary/aromatic N) is 4. The second-order valence-corrected chi connectivity index (χ2v) is 33.1. The number of rotatable bonds is 57. The molecule has 3 aromatic heterocycles. The highest BCUT2D eigenvalue weighted by Gasteiger charge is 2.43. The first-order valence-corrected chi connectivity index (χ1v) is 45.4. The number of benzene rings is 1. The Balaban J connectivity index is 1.33. The highest BCUT2D eigenvalue weighted by atomic mass is 32.1. The maximum atomic E-state index is 15.2. The molecule has 1 aliphatic rings. The van der Waals surface area contributed by atoms with E-state index in [0.717, 1.165) is 46.4 Å². The Labute approximate surface area is 823 Å². The third-order valence-electron chi connectivity index (χ3n) is 21.8. The van der Waals surface area contributed by atoms with Gasteiger partial charge < -0.3 is 157 Å². The van der Waals surface area contributed by atoms with Crippen molar-refractivity contribution in [2.45, 2.75) is 203 Å². The molecule has 5 aromatic rings. The zero-order valence-electron chi connectivity index (χ0n) is 80.0. The number of aliphatic hydroxyl groups is 1. The molecule has 0 radical (unpaired) electrons. The topological polar surface area (TPSA) is 857 Å². The molecular weight excluding hydrogens is 1900 g/mol. The molecule has 0 aliphatic heterocycles. The zero-order valence-corrected chi connectivity index (χ0v) is 80.9. The summed E-state index contributed by atoms with van der Waals surface area (Å²) in [5.41, 5.74) is 17.7. The Bertz CT molecular complexity index is 5420. The van der Waals surface area contributed by atoms with E-state index < -0.39 is 259 Å². The molecule has 0 saturated heterocycles. The number of aliphatic carboxylic acids is 1. The number of hydrogen-bond acceptors (Lipinski definition) is 31. The second kappa shape index (κ2) is 57.3. The number of imidazole rings is 3. The van der Waals surface area contributed by atoms with Crippen molar-refractivity contribution >= 4 is 137 Å². The lowest BCUT2D eigenvalue weighted by molar-refractivity contribution is -0.149. The van der Waals surface area contributed by atoms with Gasteiger partial charge in [0.05, 0.1) is 79.1 Å². The van der Waals surface area contributed by atoms with Gasteiger partial charge in [0.1, 0.15) is 72.5 Å². The van der Waals surface area contributed by atoms with E-state index in [2.05, 4.69) is 138 Å². The Morgan fingerprint density at radius 2 is 0.874 bits per heavy atom. The molecular formula is C86H125N31O25S. The number of nitrogens with one attached hydrogen (secondary N) is 24. The molecule has 0 spiro atoms. The molecule has 2 aromatic carbocycles. The van der Waals surface area contributed by atoms with Crippen LogP contribution in [-0.2, 0) is 112 Å². The molecule has 6 rings (SSSR count). The maximum absolute atomic E-state index is 15.2.